The first-order chi connectivity index (χ1) is 15.4. The summed E-state index contributed by atoms with van der Waals surface area (Å²) in [7, 11) is 0. The minimum Gasteiger partial charge on any atom is -0.458 e. The van der Waals surface area contributed by atoms with Gasteiger partial charge < -0.3 is 9.47 Å². The molecule has 2 saturated carbocycles. The van der Waals surface area contributed by atoms with Crippen LogP contribution in [-0.4, -0.2) is 41.5 Å². The Kier molecular flexibility index (Phi) is 5.38. The van der Waals surface area contributed by atoms with Crippen molar-refractivity contribution in [1.82, 2.24) is 0 Å². The molecule has 2 fully saturated rings. The first kappa shape index (κ1) is 23.3. The average molecular weight is 455 g/mol. The number of allylic oxidation sites excluding steroid dienone is 6. The second-order valence-electron chi connectivity index (χ2n) is 10.4. The maximum Gasteiger partial charge on any atom is 0.303 e. The van der Waals surface area contributed by atoms with Gasteiger partial charge >= 0.3 is 11.9 Å². The fourth-order valence-corrected chi connectivity index (χ4v) is 7.19. The number of esters is 2. The van der Waals surface area contributed by atoms with Crippen LogP contribution in [0.25, 0.3) is 0 Å². The summed E-state index contributed by atoms with van der Waals surface area (Å²) in [5.74, 6) is -2.87. The van der Waals surface area contributed by atoms with E-state index < -0.39 is 40.8 Å². The number of Topliss-reactive ketones (excluding diaryl/α,β-unsaturated/α-hetero) is 2. The zero-order valence-corrected chi connectivity index (χ0v) is 19.7. The smallest absolute Gasteiger partial charge is 0.303 e. The Hall–Kier alpha value is -2.83. The summed E-state index contributed by atoms with van der Waals surface area (Å²) in [4.78, 5) is 62.8. The van der Waals surface area contributed by atoms with Crippen LogP contribution in [0.2, 0.25) is 0 Å². The Bertz CT molecular complexity index is 1050. The summed E-state index contributed by atoms with van der Waals surface area (Å²) >= 11 is 0. The van der Waals surface area contributed by atoms with Crippen LogP contribution in [0, 0.1) is 34.5 Å². The van der Waals surface area contributed by atoms with E-state index in [4.69, 9.17) is 9.47 Å². The third kappa shape index (κ3) is 3.19. The van der Waals surface area contributed by atoms with Gasteiger partial charge in [0, 0.05) is 42.9 Å². The van der Waals surface area contributed by atoms with Crippen LogP contribution >= 0.6 is 0 Å². The zero-order chi connectivity index (χ0) is 24.3. The molecule has 33 heavy (non-hydrogen) atoms. The number of hydrogen-bond acceptors (Lipinski definition) is 7. The van der Waals surface area contributed by atoms with Crippen molar-refractivity contribution < 1.29 is 33.4 Å². The van der Waals surface area contributed by atoms with Crippen molar-refractivity contribution in [2.24, 2.45) is 34.5 Å². The van der Waals surface area contributed by atoms with Gasteiger partial charge in [0.25, 0.3) is 0 Å². The van der Waals surface area contributed by atoms with Crippen molar-refractivity contribution in [1.29, 1.82) is 0 Å². The van der Waals surface area contributed by atoms with Crippen LogP contribution in [0.3, 0.4) is 0 Å². The van der Waals surface area contributed by atoms with E-state index in [1.165, 1.54) is 19.9 Å². The van der Waals surface area contributed by atoms with Gasteiger partial charge in [-0.05, 0) is 36.0 Å². The van der Waals surface area contributed by atoms with Gasteiger partial charge in [0.1, 0.15) is 5.78 Å². The molecule has 0 bridgehead atoms. The first-order valence-corrected chi connectivity index (χ1v) is 11.4. The highest BCUT2D eigenvalue weighted by Crippen LogP contribution is 2.67. The predicted molar refractivity (Wildman–Crippen MR) is 118 cm³/mol. The Morgan fingerprint density at radius 3 is 2.42 bits per heavy atom. The molecule has 0 aliphatic heterocycles. The fourth-order valence-electron chi connectivity index (χ4n) is 7.19. The number of fused-ring (bicyclic) bond motifs is 5. The number of ether oxygens (including phenoxy) is 2. The van der Waals surface area contributed by atoms with E-state index in [0.29, 0.717) is 6.42 Å². The van der Waals surface area contributed by atoms with Crippen LogP contribution in [0.5, 0.6) is 0 Å². The molecule has 4 aliphatic carbocycles. The molecule has 0 saturated heterocycles. The molecular formula is C26H30O7. The number of rotatable bonds is 4. The van der Waals surface area contributed by atoms with E-state index in [-0.39, 0.29) is 41.7 Å². The molecule has 0 amide bonds. The van der Waals surface area contributed by atoms with Gasteiger partial charge in [0.2, 0.25) is 5.78 Å². The molecule has 4 rings (SSSR count). The summed E-state index contributed by atoms with van der Waals surface area (Å²) < 4.78 is 10.8. The average Bonchev–Trinajstić information content (AvgIpc) is 2.93. The number of carbonyl (C=O) groups is 5. The molecule has 0 aromatic carbocycles. The van der Waals surface area contributed by atoms with Gasteiger partial charge in [-0.2, -0.15) is 0 Å². The van der Waals surface area contributed by atoms with Gasteiger partial charge in [-0.15, -0.1) is 0 Å². The van der Waals surface area contributed by atoms with E-state index in [0.717, 1.165) is 5.57 Å². The molecule has 0 N–H and O–H groups in total. The summed E-state index contributed by atoms with van der Waals surface area (Å²) in [6.45, 7) is 7.64. The third-order valence-electron chi connectivity index (χ3n) is 8.49. The number of carbonyl (C=O) groups excluding carboxylic acids is 5. The molecule has 4 aliphatic rings. The monoisotopic (exact) mass is 454 g/mol. The highest BCUT2D eigenvalue weighted by atomic mass is 16.6. The maximum atomic E-state index is 13.8. The quantitative estimate of drug-likeness (QED) is 0.602. The van der Waals surface area contributed by atoms with Gasteiger partial charge in [0.15, 0.2) is 18.0 Å². The maximum absolute atomic E-state index is 13.8. The molecule has 0 radical (unpaired) electrons. The highest BCUT2D eigenvalue weighted by Gasteiger charge is 2.72. The molecule has 7 atom stereocenters. The normalized spacial score (nSPS) is 40.9. The van der Waals surface area contributed by atoms with E-state index in [1.54, 1.807) is 6.08 Å². The molecule has 7 nitrogen and oxygen atoms in total. The molecule has 0 aromatic rings. The molecule has 0 heterocycles. The Balaban J connectivity index is 1.82. The van der Waals surface area contributed by atoms with Crippen molar-refractivity contribution in [3.8, 4) is 0 Å². The minimum atomic E-state index is -1.57. The largest absolute Gasteiger partial charge is 0.458 e. The minimum absolute atomic E-state index is 0.0265. The molecule has 0 aromatic heterocycles. The molecule has 0 unspecified atom stereocenters. The zero-order valence-electron chi connectivity index (χ0n) is 19.7. The molecule has 0 spiro atoms. The van der Waals surface area contributed by atoms with Gasteiger partial charge in [-0.25, -0.2) is 0 Å². The van der Waals surface area contributed by atoms with Crippen LogP contribution in [-0.2, 0) is 33.4 Å². The number of hydrogen-bond donors (Lipinski definition) is 0. The van der Waals surface area contributed by atoms with Crippen LogP contribution < -0.4 is 0 Å². The van der Waals surface area contributed by atoms with Crippen molar-refractivity contribution in [2.75, 3.05) is 6.61 Å². The van der Waals surface area contributed by atoms with E-state index >= 15 is 0 Å². The van der Waals surface area contributed by atoms with E-state index in [2.05, 4.69) is 0 Å². The Labute approximate surface area is 193 Å². The van der Waals surface area contributed by atoms with Crippen molar-refractivity contribution in [3.05, 3.63) is 36.0 Å². The highest BCUT2D eigenvalue weighted by molar-refractivity contribution is 6.02. The fraction of sp³-hybridized carbons (Fsp3) is 0.577. The topological polar surface area (TPSA) is 104 Å². The van der Waals surface area contributed by atoms with Crippen LogP contribution in [0.15, 0.2) is 36.0 Å². The van der Waals surface area contributed by atoms with Gasteiger partial charge in [0.05, 0.1) is 0 Å². The Morgan fingerprint density at radius 2 is 1.79 bits per heavy atom. The van der Waals surface area contributed by atoms with E-state index in [9.17, 15) is 24.0 Å². The lowest BCUT2D eigenvalue weighted by Crippen LogP contribution is -2.63. The standard InChI is InChI=1S/C26H30O7/c1-14-10-20-19-7-6-17-11-18(29)8-9-24(17,4)23(19)21(30)12-25(20,5)26(14,33-16(3)28)22(31)13-32-15(2)27/h6-9,11,14,19-20,23H,10,12-13H2,1-5H3/t14-,19+,20+,23-,24+,25+,26-/m1/s1. The summed E-state index contributed by atoms with van der Waals surface area (Å²) in [5.41, 5.74) is -2.31. The first-order valence-electron chi connectivity index (χ1n) is 11.4. The van der Waals surface area contributed by atoms with Gasteiger partial charge in [-0.3, -0.25) is 24.0 Å². The second-order valence-corrected chi connectivity index (χ2v) is 10.4. The van der Waals surface area contributed by atoms with Gasteiger partial charge in [-0.1, -0.05) is 39.0 Å². The third-order valence-corrected chi connectivity index (χ3v) is 8.49. The van der Waals surface area contributed by atoms with Crippen molar-refractivity contribution in [3.63, 3.8) is 0 Å². The predicted octanol–water partition coefficient (Wildman–Crippen LogP) is 2.93. The van der Waals surface area contributed by atoms with Crippen molar-refractivity contribution in [2.45, 2.75) is 53.1 Å². The lowest BCUT2D eigenvalue weighted by molar-refractivity contribution is -0.194. The van der Waals surface area contributed by atoms with E-state index in [1.807, 2.05) is 39.0 Å². The Morgan fingerprint density at radius 1 is 1.09 bits per heavy atom. The van der Waals surface area contributed by atoms with Crippen molar-refractivity contribution >= 4 is 29.3 Å². The molecule has 176 valence electrons. The molecular weight excluding hydrogens is 424 g/mol. The lowest BCUT2D eigenvalue weighted by atomic mass is 9.48. The summed E-state index contributed by atoms with van der Waals surface area (Å²) in [5, 5.41) is 0. The number of ketones is 3. The summed E-state index contributed by atoms with van der Waals surface area (Å²) in [6.07, 6.45) is 9.46. The lowest BCUT2D eigenvalue weighted by Gasteiger charge is -2.55. The second kappa shape index (κ2) is 7.61. The summed E-state index contributed by atoms with van der Waals surface area (Å²) in [6, 6.07) is 0. The van der Waals surface area contributed by atoms with Crippen LogP contribution in [0.1, 0.15) is 47.5 Å². The molecule has 7 heteroatoms. The SMILES string of the molecule is CC(=O)OCC(=O)[C@]1(OC(C)=O)[C@H](C)C[C@H]2[C@@H]3C=CC4=CC(=O)C=C[C@]4(C)[C@H]3C(=O)C[C@@]21C. The van der Waals surface area contributed by atoms with Crippen LogP contribution in [0.4, 0.5) is 0 Å².